The summed E-state index contributed by atoms with van der Waals surface area (Å²) < 4.78 is 23.9. The van der Waals surface area contributed by atoms with Gasteiger partial charge in [-0.2, -0.15) is 11.8 Å². The van der Waals surface area contributed by atoms with Crippen molar-refractivity contribution in [2.45, 2.75) is 79.8 Å². The van der Waals surface area contributed by atoms with Gasteiger partial charge in [0.05, 0.1) is 15.5 Å². The van der Waals surface area contributed by atoms with Crippen LogP contribution in [-0.4, -0.2) is 70.1 Å². The summed E-state index contributed by atoms with van der Waals surface area (Å²) in [6.07, 6.45) is 9.50. The van der Waals surface area contributed by atoms with Crippen LogP contribution in [0.4, 0.5) is 11.4 Å². The standard InChI is InChI=1S/C37H48N4O6S3/c1-5-7-19-37(20-8-6-2)25-41(27-17-13-10-14-18-27)29-21-31(49-4)30(22-32(29)50(46)40-37)47-23-33(42)39-34(26-15-11-9-12-16-26)35(43)38-28(24-48-3)36(44)45/h9-18,21-22,28,34,40H,5-8,19-20,23-25H2,1-4H3,(H,38,43)(H,39,42)(H,44,45). The highest BCUT2D eigenvalue weighted by atomic mass is 32.2. The zero-order valence-corrected chi connectivity index (χ0v) is 31.6. The van der Waals surface area contributed by atoms with E-state index in [0.29, 0.717) is 22.8 Å². The molecule has 0 aromatic heterocycles. The number of rotatable bonds is 18. The minimum Gasteiger partial charge on any atom is -0.483 e. The highest BCUT2D eigenvalue weighted by Gasteiger charge is 2.39. The lowest BCUT2D eigenvalue weighted by molar-refractivity contribution is -0.141. The molecule has 0 fully saturated rings. The fourth-order valence-corrected chi connectivity index (χ4v) is 8.43. The van der Waals surface area contributed by atoms with Crippen molar-refractivity contribution in [3.05, 3.63) is 78.4 Å². The van der Waals surface area contributed by atoms with E-state index in [2.05, 4.69) is 46.2 Å². The first-order valence-corrected chi connectivity index (χ1v) is 20.7. The predicted octanol–water partition coefficient (Wildman–Crippen LogP) is 6.46. The van der Waals surface area contributed by atoms with E-state index in [1.165, 1.54) is 23.5 Å². The number of aliphatic carboxylic acids is 1. The molecule has 13 heteroatoms. The van der Waals surface area contributed by atoms with Crippen molar-refractivity contribution in [3.63, 3.8) is 0 Å². The van der Waals surface area contributed by atoms with Gasteiger partial charge in [0.2, 0.25) is 5.91 Å². The summed E-state index contributed by atoms with van der Waals surface area (Å²) in [6.45, 7) is 4.56. The van der Waals surface area contributed by atoms with Gasteiger partial charge in [0.25, 0.3) is 5.91 Å². The third-order valence-corrected chi connectivity index (χ3v) is 11.4. The quantitative estimate of drug-likeness (QED) is 0.108. The van der Waals surface area contributed by atoms with Crippen LogP contribution in [0.5, 0.6) is 5.75 Å². The highest BCUT2D eigenvalue weighted by molar-refractivity contribution is 7.98. The summed E-state index contributed by atoms with van der Waals surface area (Å²) in [5.41, 5.74) is 1.93. The Morgan fingerprint density at radius 3 is 2.20 bits per heavy atom. The Morgan fingerprint density at radius 2 is 1.62 bits per heavy atom. The number of fused-ring (bicyclic) bond motifs is 1. The van der Waals surface area contributed by atoms with Gasteiger partial charge in [-0.05, 0) is 49.1 Å². The van der Waals surface area contributed by atoms with Gasteiger partial charge in [-0.15, -0.1) is 11.8 Å². The summed E-state index contributed by atoms with van der Waals surface area (Å²) in [6, 6.07) is 20.2. The molecule has 3 atom stereocenters. The summed E-state index contributed by atoms with van der Waals surface area (Å²) >= 11 is 2.75. The second-order valence-corrected chi connectivity index (χ2v) is 15.2. The summed E-state index contributed by atoms with van der Waals surface area (Å²) in [5, 5.41) is 14.9. The zero-order chi connectivity index (χ0) is 36.1. The molecule has 10 nitrogen and oxygen atoms in total. The van der Waals surface area contributed by atoms with Gasteiger partial charge in [0, 0.05) is 29.6 Å². The van der Waals surface area contributed by atoms with Crippen molar-refractivity contribution in [2.24, 2.45) is 0 Å². The Labute approximate surface area is 306 Å². The number of hydrogen-bond acceptors (Lipinski definition) is 8. The molecule has 4 N–H and O–H groups in total. The van der Waals surface area contributed by atoms with Crippen molar-refractivity contribution in [1.29, 1.82) is 0 Å². The van der Waals surface area contributed by atoms with Crippen molar-refractivity contribution >= 4 is 63.7 Å². The number of thioether (sulfide) groups is 2. The molecule has 4 rings (SSSR count). The molecule has 3 aromatic rings. The van der Waals surface area contributed by atoms with Crippen molar-refractivity contribution in [3.8, 4) is 5.75 Å². The molecular weight excluding hydrogens is 693 g/mol. The van der Waals surface area contributed by atoms with Crippen molar-refractivity contribution in [1.82, 2.24) is 15.4 Å². The van der Waals surface area contributed by atoms with Gasteiger partial charge in [-0.25, -0.2) is 13.7 Å². The summed E-state index contributed by atoms with van der Waals surface area (Å²) in [5.74, 6) is -1.80. The largest absolute Gasteiger partial charge is 0.483 e. The molecule has 1 heterocycles. The number of hydrogen-bond donors (Lipinski definition) is 4. The number of carbonyl (C=O) groups is 3. The van der Waals surface area contributed by atoms with Crippen LogP contribution in [0.2, 0.25) is 0 Å². The van der Waals surface area contributed by atoms with E-state index in [-0.39, 0.29) is 11.3 Å². The number of unbranched alkanes of at least 4 members (excludes halogenated alkanes) is 2. The molecule has 0 aliphatic carbocycles. The number of ether oxygens (including phenoxy) is 1. The molecule has 1 aliphatic rings. The topological polar surface area (TPSA) is 137 Å². The number of amides is 2. The molecular formula is C37H48N4O6S3. The normalized spacial score (nSPS) is 16.4. The Hall–Kier alpha value is -3.52. The molecule has 1 aliphatic heterocycles. The average Bonchev–Trinajstić information content (AvgIpc) is 3.24. The molecule has 50 heavy (non-hydrogen) atoms. The van der Waals surface area contributed by atoms with E-state index < -0.39 is 47.5 Å². The number of carbonyl (C=O) groups excluding carboxylic acids is 2. The lowest BCUT2D eigenvalue weighted by Crippen LogP contribution is -2.51. The van der Waals surface area contributed by atoms with Crippen LogP contribution in [0.15, 0.2) is 82.6 Å². The van der Waals surface area contributed by atoms with E-state index in [1.807, 2.05) is 30.5 Å². The van der Waals surface area contributed by atoms with Gasteiger partial charge in [-0.1, -0.05) is 88.1 Å². The Morgan fingerprint density at radius 1 is 0.980 bits per heavy atom. The summed E-state index contributed by atoms with van der Waals surface area (Å²) in [4.78, 5) is 42.0. The van der Waals surface area contributed by atoms with Crippen molar-refractivity contribution < 1.29 is 28.4 Å². The second kappa shape index (κ2) is 19.2. The third kappa shape index (κ3) is 10.3. The van der Waals surface area contributed by atoms with E-state index >= 15 is 0 Å². The number of nitrogens with one attached hydrogen (secondary N) is 3. The monoisotopic (exact) mass is 740 g/mol. The van der Waals surface area contributed by atoms with Gasteiger partial charge in [0.15, 0.2) is 6.61 Å². The minimum absolute atomic E-state index is 0.172. The number of benzene rings is 3. The maximum Gasteiger partial charge on any atom is 0.327 e. The van der Waals surface area contributed by atoms with Crippen molar-refractivity contribution in [2.75, 3.05) is 36.3 Å². The maximum absolute atomic E-state index is 14.2. The molecule has 0 saturated heterocycles. The van der Waals surface area contributed by atoms with Gasteiger partial charge in [0.1, 0.15) is 28.8 Å². The molecule has 3 aromatic carbocycles. The maximum atomic E-state index is 14.2. The first-order chi connectivity index (χ1) is 24.1. The number of para-hydroxylation sites is 1. The van der Waals surface area contributed by atoms with E-state index in [1.54, 1.807) is 42.7 Å². The SMILES string of the molecule is CCCCC1(CCCC)CN(c2ccccc2)c2cc(SC)c(OCC(=O)NC(C(=O)NC(CSC)C(=O)O)c3ccccc3)cc2S(=O)N1. The Balaban J connectivity index is 1.63. The predicted molar refractivity (Wildman–Crippen MR) is 204 cm³/mol. The van der Waals surface area contributed by atoms with Crippen LogP contribution < -0.4 is 25.0 Å². The number of nitrogens with zero attached hydrogens (tertiary/aromatic N) is 1. The number of anilines is 2. The molecule has 0 saturated carbocycles. The third-order valence-electron chi connectivity index (χ3n) is 8.60. The molecule has 0 radical (unpaired) electrons. The summed E-state index contributed by atoms with van der Waals surface area (Å²) in [7, 11) is -1.57. The smallest absolute Gasteiger partial charge is 0.327 e. The molecule has 270 valence electrons. The molecule has 2 amide bonds. The number of carboxylic acid groups (broad SMARTS) is 1. The molecule has 0 bridgehead atoms. The van der Waals surface area contributed by atoms with Crippen LogP contribution in [0.3, 0.4) is 0 Å². The highest BCUT2D eigenvalue weighted by Crippen LogP contribution is 2.43. The van der Waals surface area contributed by atoms with Crippen LogP contribution in [0, 0.1) is 0 Å². The Kier molecular flexibility index (Phi) is 15.1. The Bertz CT molecular complexity index is 1600. The minimum atomic E-state index is -1.57. The van der Waals surface area contributed by atoms with Crippen LogP contribution in [0.25, 0.3) is 0 Å². The zero-order valence-electron chi connectivity index (χ0n) is 29.1. The van der Waals surface area contributed by atoms with E-state index in [9.17, 15) is 23.7 Å². The van der Waals surface area contributed by atoms with Gasteiger partial charge in [-0.3, -0.25) is 9.59 Å². The van der Waals surface area contributed by atoms with E-state index in [0.717, 1.165) is 54.8 Å². The number of carboxylic acids is 1. The fourth-order valence-electron chi connectivity index (χ4n) is 5.98. The first kappa shape index (κ1) is 39.3. The lowest BCUT2D eigenvalue weighted by atomic mass is 9.87. The first-order valence-electron chi connectivity index (χ1n) is 16.9. The van der Waals surface area contributed by atoms with Gasteiger partial charge < -0.3 is 25.4 Å². The fraction of sp³-hybridized carbons (Fsp3) is 0.432. The lowest BCUT2D eigenvalue weighted by Gasteiger charge is -2.37. The van der Waals surface area contributed by atoms with Crippen LogP contribution >= 0.6 is 23.5 Å². The van der Waals surface area contributed by atoms with Crippen LogP contribution in [0.1, 0.15) is 64.0 Å². The molecule has 0 spiro atoms. The van der Waals surface area contributed by atoms with E-state index in [4.69, 9.17) is 4.74 Å². The van der Waals surface area contributed by atoms with Gasteiger partial charge >= 0.3 is 5.97 Å². The van der Waals surface area contributed by atoms with Crippen LogP contribution in [-0.2, 0) is 25.4 Å². The average molecular weight is 741 g/mol. The molecule has 3 unspecified atom stereocenters. The second-order valence-electron chi connectivity index (χ2n) is 12.3.